The molecule has 2 heterocycles. The molecule has 4 rings (SSSR count). The number of nitrogens with zero attached hydrogens (tertiary/aromatic N) is 2. The molecule has 43 heavy (non-hydrogen) atoms. The lowest BCUT2D eigenvalue weighted by Crippen LogP contribution is -2.37. The summed E-state index contributed by atoms with van der Waals surface area (Å²) in [6.45, 7) is 1.22. The van der Waals surface area contributed by atoms with Gasteiger partial charge in [-0.25, -0.2) is 8.42 Å². The number of aromatic nitrogens is 1. The fourth-order valence-corrected chi connectivity index (χ4v) is 6.79. The summed E-state index contributed by atoms with van der Waals surface area (Å²) in [5, 5.41) is -0.880. The van der Waals surface area contributed by atoms with Crippen molar-refractivity contribution in [2.24, 2.45) is 0 Å². The second-order valence-electron chi connectivity index (χ2n) is 10.7. The molecule has 10 heteroatoms. The molecule has 1 fully saturated rings. The van der Waals surface area contributed by atoms with Crippen LogP contribution < -0.4 is 4.74 Å². The van der Waals surface area contributed by atoms with Crippen molar-refractivity contribution in [2.45, 2.75) is 69.6 Å². The highest BCUT2D eigenvalue weighted by Gasteiger charge is 2.43. The van der Waals surface area contributed by atoms with Gasteiger partial charge in [0.05, 0.1) is 18.9 Å². The van der Waals surface area contributed by atoms with Gasteiger partial charge in [0, 0.05) is 19.2 Å². The van der Waals surface area contributed by atoms with Crippen LogP contribution in [-0.4, -0.2) is 60.6 Å². The normalized spacial score (nSPS) is 16.6. The first kappa shape index (κ1) is 32.2. The van der Waals surface area contributed by atoms with Gasteiger partial charge in [-0.1, -0.05) is 73.5 Å². The Hall–Kier alpha value is -3.76. The van der Waals surface area contributed by atoms with E-state index in [2.05, 4.69) is 4.98 Å². The van der Waals surface area contributed by atoms with Gasteiger partial charge in [-0.3, -0.25) is 14.6 Å². The number of pyridine rings is 1. The minimum Gasteiger partial charge on any atom is -0.489 e. The zero-order chi connectivity index (χ0) is 30.3. The Labute approximate surface area is 254 Å². The topological polar surface area (TPSA) is 112 Å². The number of sulfone groups is 1. The highest BCUT2D eigenvalue weighted by Crippen LogP contribution is 2.25. The van der Waals surface area contributed by atoms with Crippen LogP contribution in [0.25, 0.3) is 0 Å². The minimum absolute atomic E-state index is 0.229. The number of rotatable bonds is 18. The molecule has 9 nitrogen and oxygen atoms in total. The van der Waals surface area contributed by atoms with Crippen LogP contribution in [0.3, 0.4) is 0 Å². The molecular formula is C33H40N2O7S. The van der Waals surface area contributed by atoms with E-state index < -0.39 is 21.0 Å². The molecule has 0 saturated carbocycles. The van der Waals surface area contributed by atoms with Crippen LogP contribution in [0.1, 0.15) is 56.1 Å². The SMILES string of the molecule is O=C(CCCCCCN1C(=O)CS(=O)(=O)C1CCC(COc1cccnc1)OCc1ccccc1)OCc1ccccc1. The van der Waals surface area contributed by atoms with Gasteiger partial charge in [-0.2, -0.15) is 0 Å². The van der Waals surface area contributed by atoms with E-state index in [9.17, 15) is 18.0 Å². The lowest BCUT2D eigenvalue weighted by molar-refractivity contribution is -0.145. The van der Waals surface area contributed by atoms with Gasteiger partial charge in [-0.05, 0) is 48.9 Å². The number of hydrogen-bond donors (Lipinski definition) is 0. The summed E-state index contributed by atoms with van der Waals surface area (Å²) in [6, 6.07) is 22.9. The summed E-state index contributed by atoms with van der Waals surface area (Å²) in [5.74, 6) is -0.457. The molecular weight excluding hydrogens is 568 g/mol. The van der Waals surface area contributed by atoms with Gasteiger partial charge in [0.1, 0.15) is 30.1 Å². The quantitative estimate of drug-likeness (QED) is 0.145. The molecule has 3 aromatic rings. The van der Waals surface area contributed by atoms with Gasteiger partial charge in [-0.15, -0.1) is 0 Å². The predicted molar refractivity (Wildman–Crippen MR) is 163 cm³/mol. The Kier molecular flexibility index (Phi) is 12.5. The number of carbonyl (C=O) groups excluding carboxylic acids is 2. The van der Waals surface area contributed by atoms with E-state index in [0.717, 1.165) is 24.0 Å². The first-order valence-electron chi connectivity index (χ1n) is 14.8. The lowest BCUT2D eigenvalue weighted by atomic mass is 10.1. The summed E-state index contributed by atoms with van der Waals surface area (Å²) < 4.78 is 43.2. The lowest BCUT2D eigenvalue weighted by Gasteiger charge is -2.25. The predicted octanol–water partition coefficient (Wildman–Crippen LogP) is 5.10. The molecule has 2 aromatic carbocycles. The Morgan fingerprint density at radius 1 is 0.907 bits per heavy atom. The minimum atomic E-state index is -3.59. The van der Waals surface area contributed by atoms with Gasteiger partial charge < -0.3 is 19.1 Å². The maximum atomic E-state index is 12.9. The maximum absolute atomic E-state index is 12.9. The van der Waals surface area contributed by atoms with Gasteiger partial charge in [0.15, 0.2) is 9.84 Å². The van der Waals surface area contributed by atoms with Crippen molar-refractivity contribution in [3.05, 3.63) is 96.3 Å². The molecule has 0 radical (unpaired) electrons. The number of carbonyl (C=O) groups is 2. The highest BCUT2D eigenvalue weighted by atomic mass is 32.2. The maximum Gasteiger partial charge on any atom is 0.306 e. The standard InChI is InChI=1S/C33H40N2O7S/c36-31-26-43(38,39)32(35(31)21-10-2-1-9-17-33(37)42-24-28-14-7-4-8-15-28)19-18-30(25-41-29-16-11-20-34-22-29)40-23-27-12-5-3-6-13-27/h3-8,11-16,20,22,30,32H,1-2,9-10,17-19,21,23-26H2. The molecule has 1 aliphatic heterocycles. The number of ether oxygens (including phenoxy) is 3. The van der Waals surface area contributed by atoms with Crippen LogP contribution in [-0.2, 0) is 42.1 Å². The van der Waals surface area contributed by atoms with Gasteiger partial charge >= 0.3 is 5.97 Å². The Bertz CT molecular complexity index is 1330. The molecule has 1 amide bonds. The van der Waals surface area contributed by atoms with E-state index >= 15 is 0 Å². The van der Waals surface area contributed by atoms with E-state index in [-0.39, 0.29) is 37.6 Å². The Balaban J connectivity index is 1.23. The largest absolute Gasteiger partial charge is 0.489 e. The van der Waals surface area contributed by atoms with E-state index in [0.29, 0.717) is 44.6 Å². The van der Waals surface area contributed by atoms with Crippen molar-refractivity contribution in [1.82, 2.24) is 9.88 Å². The molecule has 0 aliphatic carbocycles. The first-order chi connectivity index (χ1) is 20.9. The van der Waals surface area contributed by atoms with Crippen LogP contribution in [0, 0.1) is 0 Å². The molecule has 230 valence electrons. The summed E-state index contributed by atoms with van der Waals surface area (Å²) in [6.07, 6.45) is 6.81. The van der Waals surface area contributed by atoms with Crippen LogP contribution in [0.2, 0.25) is 0 Å². The van der Waals surface area contributed by atoms with E-state index in [1.165, 1.54) is 4.90 Å². The van der Waals surface area contributed by atoms with E-state index in [1.807, 2.05) is 60.7 Å². The van der Waals surface area contributed by atoms with Crippen LogP contribution in [0.5, 0.6) is 5.75 Å². The molecule has 1 saturated heterocycles. The third kappa shape index (κ3) is 10.8. The second-order valence-corrected chi connectivity index (χ2v) is 12.8. The van der Waals surface area contributed by atoms with Crippen molar-refractivity contribution >= 4 is 21.7 Å². The van der Waals surface area contributed by atoms with Crippen LogP contribution in [0.15, 0.2) is 85.2 Å². The number of hydrogen-bond acceptors (Lipinski definition) is 8. The van der Waals surface area contributed by atoms with E-state index in [4.69, 9.17) is 14.2 Å². The Morgan fingerprint density at radius 2 is 1.60 bits per heavy atom. The molecule has 0 N–H and O–H groups in total. The van der Waals surface area contributed by atoms with Crippen LogP contribution in [0.4, 0.5) is 0 Å². The van der Waals surface area contributed by atoms with Gasteiger partial charge in [0.2, 0.25) is 5.91 Å². The van der Waals surface area contributed by atoms with Crippen molar-refractivity contribution in [1.29, 1.82) is 0 Å². The number of unbranched alkanes of at least 4 members (excludes halogenated alkanes) is 3. The zero-order valence-electron chi connectivity index (χ0n) is 24.4. The van der Waals surface area contributed by atoms with Crippen molar-refractivity contribution in [3.8, 4) is 5.75 Å². The molecule has 0 spiro atoms. The molecule has 2 atom stereocenters. The van der Waals surface area contributed by atoms with Crippen molar-refractivity contribution < 1.29 is 32.2 Å². The number of amides is 1. The number of benzene rings is 2. The molecule has 1 aromatic heterocycles. The fourth-order valence-electron chi connectivity index (χ4n) is 4.98. The molecule has 1 aliphatic rings. The van der Waals surface area contributed by atoms with E-state index in [1.54, 1.807) is 24.5 Å². The van der Waals surface area contributed by atoms with Crippen molar-refractivity contribution in [3.63, 3.8) is 0 Å². The smallest absolute Gasteiger partial charge is 0.306 e. The third-order valence-corrected chi connectivity index (χ3v) is 9.28. The molecule has 0 bridgehead atoms. The summed E-state index contributed by atoms with van der Waals surface area (Å²) >= 11 is 0. The zero-order valence-corrected chi connectivity index (χ0v) is 25.2. The average molecular weight is 609 g/mol. The molecule has 2 unspecified atom stereocenters. The number of esters is 1. The second kappa shape index (κ2) is 16.8. The van der Waals surface area contributed by atoms with Crippen LogP contribution >= 0.6 is 0 Å². The first-order valence-corrected chi connectivity index (χ1v) is 16.5. The highest BCUT2D eigenvalue weighted by molar-refractivity contribution is 7.93. The Morgan fingerprint density at radius 3 is 2.30 bits per heavy atom. The fraction of sp³-hybridized carbons (Fsp3) is 0.424. The summed E-state index contributed by atoms with van der Waals surface area (Å²) in [4.78, 5) is 30.3. The summed E-state index contributed by atoms with van der Waals surface area (Å²) in [5.41, 5.74) is 1.95. The monoisotopic (exact) mass is 608 g/mol. The third-order valence-electron chi connectivity index (χ3n) is 7.31. The van der Waals surface area contributed by atoms with Gasteiger partial charge in [0.25, 0.3) is 0 Å². The summed E-state index contributed by atoms with van der Waals surface area (Å²) in [7, 11) is -3.59. The van der Waals surface area contributed by atoms with Crippen molar-refractivity contribution in [2.75, 3.05) is 18.9 Å². The average Bonchev–Trinajstić information content (AvgIpc) is 3.25.